The molecular formula is C18H17BrN4O4S. The molecule has 0 aliphatic carbocycles. The minimum Gasteiger partial charge on any atom is -0.392 e. The number of nitrogens with one attached hydrogen (secondary N) is 1. The summed E-state index contributed by atoms with van der Waals surface area (Å²) in [5.74, 6) is -0.680. The third-order valence-corrected chi connectivity index (χ3v) is 4.93. The summed E-state index contributed by atoms with van der Waals surface area (Å²) in [5, 5.41) is 14.0. The van der Waals surface area contributed by atoms with Crippen LogP contribution in [0.1, 0.15) is 15.9 Å². The summed E-state index contributed by atoms with van der Waals surface area (Å²) in [5.41, 5.74) is 8.01. The summed E-state index contributed by atoms with van der Waals surface area (Å²) in [6, 6.07) is 11.9. The van der Waals surface area contributed by atoms with Gasteiger partial charge in [-0.3, -0.25) is 9.52 Å². The van der Waals surface area contributed by atoms with Crippen LogP contribution < -0.4 is 10.5 Å². The average molecular weight is 465 g/mol. The van der Waals surface area contributed by atoms with E-state index in [1.807, 2.05) is 0 Å². The van der Waals surface area contributed by atoms with E-state index >= 15 is 0 Å². The maximum Gasteiger partial charge on any atom is 0.252 e. The van der Waals surface area contributed by atoms with Gasteiger partial charge >= 0.3 is 0 Å². The number of halogens is 1. The molecular weight excluding hydrogens is 448 g/mol. The van der Waals surface area contributed by atoms with E-state index in [0.29, 0.717) is 27.0 Å². The van der Waals surface area contributed by atoms with Crippen LogP contribution in [-0.4, -0.2) is 35.5 Å². The van der Waals surface area contributed by atoms with Crippen molar-refractivity contribution in [3.05, 3.63) is 64.3 Å². The van der Waals surface area contributed by atoms with Gasteiger partial charge in [0.15, 0.2) is 0 Å². The van der Waals surface area contributed by atoms with Crippen molar-refractivity contribution in [1.82, 2.24) is 9.78 Å². The predicted molar refractivity (Wildman–Crippen MR) is 110 cm³/mol. The van der Waals surface area contributed by atoms with Gasteiger partial charge in [0.1, 0.15) is 5.69 Å². The van der Waals surface area contributed by atoms with Crippen LogP contribution >= 0.6 is 15.9 Å². The Kier molecular flexibility index (Phi) is 5.54. The lowest BCUT2D eigenvalue weighted by Crippen LogP contribution is -2.11. The molecule has 0 atom stereocenters. The number of benzene rings is 2. The van der Waals surface area contributed by atoms with Crippen LogP contribution in [0, 0.1) is 0 Å². The van der Waals surface area contributed by atoms with Gasteiger partial charge in [-0.1, -0.05) is 34.1 Å². The summed E-state index contributed by atoms with van der Waals surface area (Å²) in [7, 11) is -3.48. The second-order valence-corrected chi connectivity index (χ2v) is 8.75. The van der Waals surface area contributed by atoms with Crippen LogP contribution in [0.5, 0.6) is 0 Å². The molecule has 8 nitrogen and oxygen atoms in total. The minimum absolute atomic E-state index is 0.163. The standard InChI is InChI=1S/C18H17BrN4O4S/c1-28(26,27)22-14-7-12(6-13(19)8-14)17-15(18(20)25)9-23(21-17)16-5-3-2-4-11(16)10-24/h2-9,22,24H,10H2,1H3,(H2,20,25). The van der Waals surface area contributed by atoms with E-state index in [0.717, 1.165) is 6.26 Å². The van der Waals surface area contributed by atoms with Crippen molar-refractivity contribution in [2.45, 2.75) is 6.61 Å². The number of amides is 1. The molecule has 3 rings (SSSR count). The first-order valence-corrected chi connectivity index (χ1v) is 10.7. The molecule has 146 valence electrons. The number of nitrogens with two attached hydrogens (primary N) is 1. The smallest absolute Gasteiger partial charge is 0.252 e. The second-order valence-electron chi connectivity index (χ2n) is 6.09. The molecule has 0 aliphatic rings. The number of hydrogen-bond acceptors (Lipinski definition) is 5. The zero-order chi connectivity index (χ0) is 20.5. The molecule has 0 unspecified atom stereocenters. The van der Waals surface area contributed by atoms with Gasteiger partial charge in [-0.2, -0.15) is 5.10 Å². The second kappa shape index (κ2) is 7.74. The Morgan fingerprint density at radius 2 is 2.00 bits per heavy atom. The van der Waals surface area contributed by atoms with Gasteiger partial charge in [-0.15, -0.1) is 0 Å². The van der Waals surface area contributed by atoms with E-state index in [2.05, 4.69) is 25.8 Å². The van der Waals surface area contributed by atoms with E-state index in [4.69, 9.17) is 5.73 Å². The molecule has 4 N–H and O–H groups in total. The van der Waals surface area contributed by atoms with E-state index in [1.54, 1.807) is 42.5 Å². The molecule has 0 saturated heterocycles. The van der Waals surface area contributed by atoms with Gasteiger partial charge in [0.05, 0.1) is 29.8 Å². The number of sulfonamides is 1. The van der Waals surface area contributed by atoms with Gasteiger partial charge in [0, 0.05) is 21.8 Å². The lowest BCUT2D eigenvalue weighted by molar-refractivity contribution is 0.100. The molecule has 1 aromatic heterocycles. The highest BCUT2D eigenvalue weighted by Crippen LogP contribution is 2.30. The Morgan fingerprint density at radius 1 is 1.29 bits per heavy atom. The normalized spacial score (nSPS) is 11.4. The Labute approximate surface area is 170 Å². The van der Waals surface area contributed by atoms with Gasteiger partial charge in [-0.05, 0) is 24.3 Å². The molecule has 1 heterocycles. The molecule has 28 heavy (non-hydrogen) atoms. The number of aliphatic hydroxyl groups excluding tert-OH is 1. The van der Waals surface area contributed by atoms with Crippen molar-refractivity contribution in [2.75, 3.05) is 11.0 Å². The molecule has 0 radical (unpaired) electrons. The Morgan fingerprint density at radius 3 is 2.64 bits per heavy atom. The first-order valence-electron chi connectivity index (χ1n) is 8.05. The lowest BCUT2D eigenvalue weighted by atomic mass is 10.1. The molecule has 1 amide bonds. The molecule has 0 spiro atoms. The zero-order valence-corrected chi connectivity index (χ0v) is 17.2. The summed E-state index contributed by atoms with van der Waals surface area (Å²) in [6.07, 6.45) is 2.53. The van der Waals surface area contributed by atoms with E-state index in [-0.39, 0.29) is 17.9 Å². The first kappa shape index (κ1) is 20.1. The molecule has 0 aliphatic heterocycles. The number of nitrogens with zero attached hydrogens (tertiary/aromatic N) is 2. The summed E-state index contributed by atoms with van der Waals surface area (Å²) < 4.78 is 27.6. The Bertz CT molecular complexity index is 1160. The first-order chi connectivity index (χ1) is 13.2. The molecule has 0 saturated carbocycles. The van der Waals surface area contributed by atoms with Gasteiger partial charge in [0.25, 0.3) is 5.91 Å². The number of hydrogen-bond donors (Lipinski definition) is 3. The number of carbonyl (C=O) groups is 1. The fraction of sp³-hybridized carbons (Fsp3) is 0.111. The topological polar surface area (TPSA) is 127 Å². The van der Waals surface area contributed by atoms with Gasteiger partial charge in [-0.25, -0.2) is 13.1 Å². The van der Waals surface area contributed by atoms with Crippen LogP contribution in [0.4, 0.5) is 5.69 Å². The fourth-order valence-corrected chi connectivity index (χ4v) is 3.80. The SMILES string of the molecule is CS(=O)(=O)Nc1cc(Br)cc(-c2nn(-c3ccccc3CO)cc2C(N)=O)c1. The fourth-order valence-electron chi connectivity index (χ4n) is 2.76. The highest BCUT2D eigenvalue weighted by molar-refractivity contribution is 9.10. The number of para-hydroxylation sites is 1. The molecule has 0 bridgehead atoms. The third kappa shape index (κ3) is 4.41. The maximum absolute atomic E-state index is 12.0. The molecule has 2 aromatic carbocycles. The third-order valence-electron chi connectivity index (χ3n) is 3.86. The Hall–Kier alpha value is -2.69. The van der Waals surface area contributed by atoms with Gasteiger partial charge < -0.3 is 10.8 Å². The van der Waals surface area contributed by atoms with Crippen molar-refractivity contribution < 1.29 is 18.3 Å². The number of rotatable bonds is 6. The Balaban J connectivity index is 2.17. The highest BCUT2D eigenvalue weighted by Gasteiger charge is 2.19. The summed E-state index contributed by atoms with van der Waals surface area (Å²) in [6.45, 7) is -0.198. The monoisotopic (exact) mass is 464 g/mol. The van der Waals surface area contributed by atoms with Crippen LogP contribution in [-0.2, 0) is 16.6 Å². The quantitative estimate of drug-likeness (QED) is 0.515. The van der Waals surface area contributed by atoms with Crippen molar-refractivity contribution in [3.63, 3.8) is 0 Å². The van der Waals surface area contributed by atoms with Crippen molar-refractivity contribution >= 4 is 37.5 Å². The number of aliphatic hydroxyl groups is 1. The van der Waals surface area contributed by atoms with Crippen LogP contribution in [0.3, 0.4) is 0 Å². The van der Waals surface area contributed by atoms with Crippen molar-refractivity contribution in [1.29, 1.82) is 0 Å². The predicted octanol–water partition coefficient (Wildman–Crippen LogP) is 2.26. The largest absolute Gasteiger partial charge is 0.392 e. The summed E-state index contributed by atoms with van der Waals surface area (Å²) >= 11 is 3.34. The number of primary amides is 1. The summed E-state index contributed by atoms with van der Waals surface area (Å²) in [4.78, 5) is 12.0. The van der Waals surface area contributed by atoms with Crippen molar-refractivity contribution in [2.24, 2.45) is 5.73 Å². The van der Waals surface area contributed by atoms with E-state index in [9.17, 15) is 18.3 Å². The molecule has 10 heteroatoms. The lowest BCUT2D eigenvalue weighted by Gasteiger charge is -2.08. The average Bonchev–Trinajstić information content (AvgIpc) is 3.05. The van der Waals surface area contributed by atoms with Crippen LogP contribution in [0.2, 0.25) is 0 Å². The number of aromatic nitrogens is 2. The van der Waals surface area contributed by atoms with Crippen LogP contribution in [0.25, 0.3) is 16.9 Å². The number of carbonyl (C=O) groups excluding carboxylic acids is 1. The van der Waals surface area contributed by atoms with Crippen LogP contribution in [0.15, 0.2) is 53.1 Å². The minimum atomic E-state index is -3.48. The zero-order valence-electron chi connectivity index (χ0n) is 14.8. The molecule has 3 aromatic rings. The van der Waals surface area contributed by atoms with E-state index in [1.165, 1.54) is 10.9 Å². The molecule has 0 fully saturated rings. The number of anilines is 1. The van der Waals surface area contributed by atoms with E-state index < -0.39 is 15.9 Å². The van der Waals surface area contributed by atoms with Crippen molar-refractivity contribution in [3.8, 4) is 16.9 Å². The highest BCUT2D eigenvalue weighted by atomic mass is 79.9. The maximum atomic E-state index is 12.0. The van der Waals surface area contributed by atoms with Gasteiger partial charge in [0.2, 0.25) is 10.0 Å².